The highest BCUT2D eigenvalue weighted by molar-refractivity contribution is 5.97. The molecular formula is C40H70N6O9. The molecule has 3 rings (SSSR count). The second-order valence-corrected chi connectivity index (χ2v) is 15.3. The lowest BCUT2D eigenvalue weighted by Gasteiger charge is -2.30. The van der Waals surface area contributed by atoms with Crippen LogP contribution in [-0.4, -0.2) is 157 Å². The molecule has 0 unspecified atom stereocenters. The van der Waals surface area contributed by atoms with Crippen molar-refractivity contribution in [2.75, 3.05) is 112 Å². The molecule has 4 atom stereocenters. The summed E-state index contributed by atoms with van der Waals surface area (Å²) in [5.74, 6) is -0.0627. The van der Waals surface area contributed by atoms with E-state index in [1.165, 1.54) is 0 Å². The van der Waals surface area contributed by atoms with E-state index >= 15 is 0 Å². The maximum Gasteiger partial charge on any atom is 0.257 e. The summed E-state index contributed by atoms with van der Waals surface area (Å²) in [6, 6.07) is 4.36. The second kappa shape index (κ2) is 26.0. The molecule has 15 nitrogen and oxygen atoms in total. The molecule has 3 amide bonds. The summed E-state index contributed by atoms with van der Waals surface area (Å²) in [6.07, 6.45) is 1.38. The minimum Gasteiger partial charge on any atom is -0.493 e. The Morgan fingerprint density at radius 2 is 1.45 bits per heavy atom. The van der Waals surface area contributed by atoms with Crippen LogP contribution in [0.4, 0.5) is 0 Å². The second-order valence-electron chi connectivity index (χ2n) is 15.3. The third kappa shape index (κ3) is 17.7. The van der Waals surface area contributed by atoms with E-state index in [1.54, 1.807) is 25.3 Å². The van der Waals surface area contributed by atoms with Gasteiger partial charge in [0, 0.05) is 90.6 Å². The fourth-order valence-corrected chi connectivity index (χ4v) is 6.64. The van der Waals surface area contributed by atoms with Crippen molar-refractivity contribution in [2.24, 2.45) is 29.4 Å². The first-order valence-corrected chi connectivity index (χ1v) is 20.2. The van der Waals surface area contributed by atoms with E-state index in [9.17, 15) is 19.5 Å². The normalized spacial score (nSPS) is 17.7. The van der Waals surface area contributed by atoms with Crippen LogP contribution < -0.4 is 31.2 Å². The van der Waals surface area contributed by atoms with Crippen molar-refractivity contribution in [3.8, 4) is 11.5 Å². The SMILES string of the molecule is COCCCCOc1cc(OCC(=O)NCCN2CCOCC2)ccc1C(=O)NC[C@@H](C[C@H](N)[C@@H](O)C[C@H](C(=O)NCCN1CCOCC1)C(C)C)C(C)C. The van der Waals surface area contributed by atoms with Gasteiger partial charge in [0.2, 0.25) is 5.91 Å². The van der Waals surface area contributed by atoms with Gasteiger partial charge < -0.3 is 50.5 Å². The molecule has 0 aromatic heterocycles. The molecule has 6 N–H and O–H groups in total. The van der Waals surface area contributed by atoms with Gasteiger partial charge in [-0.25, -0.2) is 0 Å². The number of nitrogens with one attached hydrogen (secondary N) is 3. The smallest absolute Gasteiger partial charge is 0.257 e. The van der Waals surface area contributed by atoms with Gasteiger partial charge in [0.1, 0.15) is 11.5 Å². The predicted octanol–water partition coefficient (Wildman–Crippen LogP) is 1.51. The van der Waals surface area contributed by atoms with Crippen LogP contribution in [0.25, 0.3) is 0 Å². The van der Waals surface area contributed by atoms with E-state index in [0.29, 0.717) is 82.8 Å². The maximum absolute atomic E-state index is 13.6. The van der Waals surface area contributed by atoms with Crippen LogP contribution in [0.5, 0.6) is 11.5 Å². The van der Waals surface area contributed by atoms with Crippen LogP contribution in [0.2, 0.25) is 0 Å². The Kier molecular flexibility index (Phi) is 21.9. The fraction of sp³-hybridized carbons (Fsp3) is 0.775. The van der Waals surface area contributed by atoms with Crippen molar-refractivity contribution in [1.29, 1.82) is 0 Å². The van der Waals surface area contributed by atoms with Crippen LogP contribution in [0.1, 0.15) is 63.7 Å². The van der Waals surface area contributed by atoms with E-state index in [1.807, 2.05) is 13.8 Å². The molecule has 0 aliphatic carbocycles. The highest BCUT2D eigenvalue weighted by Crippen LogP contribution is 2.27. The Bertz CT molecular complexity index is 1260. The van der Waals surface area contributed by atoms with Gasteiger partial charge in [-0.05, 0) is 55.6 Å². The number of nitrogens with zero attached hydrogens (tertiary/aromatic N) is 2. The van der Waals surface area contributed by atoms with E-state index in [-0.39, 0.29) is 54.4 Å². The third-order valence-electron chi connectivity index (χ3n) is 10.4. The predicted molar refractivity (Wildman–Crippen MR) is 211 cm³/mol. The number of hydrogen-bond acceptors (Lipinski definition) is 12. The molecule has 0 spiro atoms. The molecule has 2 fully saturated rings. The van der Waals surface area contributed by atoms with Gasteiger partial charge in [0.15, 0.2) is 6.61 Å². The summed E-state index contributed by atoms with van der Waals surface area (Å²) in [5, 5.41) is 20.2. The summed E-state index contributed by atoms with van der Waals surface area (Å²) >= 11 is 0. The molecule has 15 heteroatoms. The van der Waals surface area contributed by atoms with Crippen molar-refractivity contribution >= 4 is 17.7 Å². The number of nitrogens with two attached hydrogens (primary N) is 1. The van der Waals surface area contributed by atoms with Crippen LogP contribution in [0.3, 0.4) is 0 Å². The number of unbranched alkanes of at least 4 members (excludes halogenated alkanes) is 1. The standard InChI is InChI=1S/C40H70N6O9/c1-29(2)31(24-35(41)36(47)26-34(30(3)4)40(50)43-11-13-46-16-22-53-23-17-46)27-44-39(49)33-9-8-32(25-37(33)54-19-7-6-18-51-5)55-28-38(48)42-10-12-45-14-20-52-21-15-45/h8-9,25,29-31,34-36,47H,6-7,10-24,26-28,41H2,1-5H3,(H,42,48)(H,43,50)(H,44,49)/t31-,34+,35+,36+/m1/s1. The summed E-state index contributed by atoms with van der Waals surface area (Å²) in [6.45, 7) is 18.1. The first-order valence-electron chi connectivity index (χ1n) is 20.2. The fourth-order valence-electron chi connectivity index (χ4n) is 6.64. The number of benzene rings is 1. The van der Waals surface area contributed by atoms with Crippen LogP contribution in [-0.2, 0) is 23.8 Å². The van der Waals surface area contributed by atoms with Gasteiger partial charge in [-0.2, -0.15) is 0 Å². The number of amides is 3. The zero-order valence-electron chi connectivity index (χ0n) is 34.0. The highest BCUT2D eigenvalue weighted by atomic mass is 16.5. The third-order valence-corrected chi connectivity index (χ3v) is 10.4. The molecular weight excluding hydrogens is 708 g/mol. The lowest BCUT2D eigenvalue weighted by atomic mass is 9.83. The number of carbonyl (C=O) groups excluding carboxylic acids is 3. The first kappa shape index (κ1) is 46.3. The number of rotatable bonds is 26. The molecule has 314 valence electrons. The monoisotopic (exact) mass is 779 g/mol. The molecule has 2 aliphatic heterocycles. The van der Waals surface area contributed by atoms with Crippen molar-refractivity contribution in [3.05, 3.63) is 23.8 Å². The van der Waals surface area contributed by atoms with Gasteiger partial charge in [0.25, 0.3) is 11.8 Å². The quantitative estimate of drug-likeness (QED) is 0.0856. The zero-order chi connectivity index (χ0) is 40.0. The molecule has 2 heterocycles. The molecule has 0 radical (unpaired) electrons. The number of morpholine rings is 2. The Hall–Kier alpha value is -3.05. The van der Waals surface area contributed by atoms with Gasteiger partial charge in [-0.1, -0.05) is 27.7 Å². The van der Waals surface area contributed by atoms with Crippen LogP contribution in [0.15, 0.2) is 18.2 Å². The number of hydrogen-bond donors (Lipinski definition) is 5. The lowest BCUT2D eigenvalue weighted by Crippen LogP contribution is -2.45. The minimum absolute atomic E-state index is 0.0290. The van der Waals surface area contributed by atoms with Crippen LogP contribution >= 0.6 is 0 Å². The van der Waals surface area contributed by atoms with Gasteiger partial charge in [0.05, 0.1) is 44.7 Å². The summed E-state index contributed by atoms with van der Waals surface area (Å²) in [7, 11) is 1.65. The Morgan fingerprint density at radius 1 is 0.836 bits per heavy atom. The molecule has 2 aliphatic rings. The topological polar surface area (TPSA) is 186 Å². The van der Waals surface area contributed by atoms with Gasteiger partial charge in [-0.3, -0.25) is 24.2 Å². The Morgan fingerprint density at radius 3 is 2.05 bits per heavy atom. The van der Waals surface area contributed by atoms with Crippen molar-refractivity contribution in [3.63, 3.8) is 0 Å². The first-order chi connectivity index (χ1) is 26.5. The molecule has 55 heavy (non-hydrogen) atoms. The van der Waals surface area contributed by atoms with Crippen molar-refractivity contribution in [1.82, 2.24) is 25.8 Å². The van der Waals surface area contributed by atoms with Crippen LogP contribution in [0, 0.1) is 23.7 Å². The van der Waals surface area contributed by atoms with Gasteiger partial charge in [-0.15, -0.1) is 0 Å². The minimum atomic E-state index is -0.883. The summed E-state index contributed by atoms with van der Waals surface area (Å²) < 4.78 is 27.8. The lowest BCUT2D eigenvalue weighted by molar-refractivity contribution is -0.127. The number of aliphatic hydroxyl groups is 1. The van der Waals surface area contributed by atoms with E-state index < -0.39 is 12.1 Å². The number of ether oxygens (including phenoxy) is 5. The molecule has 0 saturated carbocycles. The van der Waals surface area contributed by atoms with E-state index in [4.69, 9.17) is 29.4 Å². The van der Waals surface area contributed by atoms with Crippen molar-refractivity contribution < 1.29 is 43.2 Å². The number of methoxy groups -OCH3 is 1. The average molecular weight is 779 g/mol. The highest BCUT2D eigenvalue weighted by Gasteiger charge is 2.30. The summed E-state index contributed by atoms with van der Waals surface area (Å²) in [4.78, 5) is 43.7. The van der Waals surface area contributed by atoms with E-state index in [0.717, 1.165) is 52.1 Å². The average Bonchev–Trinajstić information content (AvgIpc) is 3.17. The Balaban J connectivity index is 1.54. The van der Waals surface area contributed by atoms with Crippen molar-refractivity contribution in [2.45, 2.75) is 65.5 Å². The molecule has 1 aromatic carbocycles. The van der Waals surface area contributed by atoms with E-state index in [2.05, 4.69) is 39.6 Å². The molecule has 0 bridgehead atoms. The number of aliphatic hydroxyl groups excluding tert-OH is 1. The van der Waals surface area contributed by atoms with Gasteiger partial charge >= 0.3 is 0 Å². The summed E-state index contributed by atoms with van der Waals surface area (Å²) in [5.41, 5.74) is 6.92. The number of carbonyl (C=O) groups is 3. The largest absolute Gasteiger partial charge is 0.493 e. The molecule has 1 aromatic rings. The maximum atomic E-state index is 13.6. The zero-order valence-corrected chi connectivity index (χ0v) is 34.0. The molecule has 2 saturated heterocycles. The Labute approximate surface area is 328 Å².